The largest absolute Gasteiger partial charge is 0.483 e. The number of benzene rings is 2. The highest BCUT2D eigenvalue weighted by molar-refractivity contribution is 9.11. The minimum absolute atomic E-state index is 0.102. The highest BCUT2D eigenvalue weighted by Crippen LogP contribution is 2.34. The Bertz CT molecular complexity index is 926. The van der Waals surface area contributed by atoms with Crippen molar-refractivity contribution in [3.63, 3.8) is 0 Å². The van der Waals surface area contributed by atoms with Gasteiger partial charge in [-0.05, 0) is 57.0 Å². The molecule has 0 spiro atoms. The molecule has 2 aromatic carbocycles. The molecular weight excluding hydrogens is 456 g/mol. The van der Waals surface area contributed by atoms with Gasteiger partial charge in [0.25, 0.3) is 5.91 Å². The summed E-state index contributed by atoms with van der Waals surface area (Å²) < 4.78 is 12.2. The van der Waals surface area contributed by atoms with Gasteiger partial charge in [-0.1, -0.05) is 28.1 Å². The monoisotopic (exact) mass is 466 g/mol. The first-order chi connectivity index (χ1) is 12.0. The molecular formula is C17H12Br2N2O4. The Balaban J connectivity index is 1.58. The fourth-order valence-electron chi connectivity index (χ4n) is 2.13. The summed E-state index contributed by atoms with van der Waals surface area (Å²) in [6, 6.07) is 12.6. The number of ether oxygens (including phenoxy) is 1. The first-order valence-electron chi connectivity index (χ1n) is 7.18. The van der Waals surface area contributed by atoms with Crippen LogP contribution in [0.2, 0.25) is 0 Å². The quantitative estimate of drug-likeness (QED) is 0.572. The molecule has 3 rings (SSSR count). The molecule has 25 heavy (non-hydrogen) atoms. The van der Waals surface area contributed by atoms with Gasteiger partial charge in [-0.3, -0.25) is 20.4 Å². The normalized spacial score (nSPS) is 10.5. The number of furan rings is 1. The van der Waals surface area contributed by atoms with E-state index in [0.29, 0.717) is 5.75 Å². The molecule has 2 amide bonds. The first-order valence-corrected chi connectivity index (χ1v) is 8.76. The fraction of sp³-hybridized carbons (Fsp3) is 0.0588. The fourth-order valence-corrected chi connectivity index (χ4v) is 3.12. The zero-order chi connectivity index (χ0) is 17.8. The third-order valence-corrected chi connectivity index (χ3v) is 4.61. The second-order valence-electron chi connectivity index (χ2n) is 5.01. The topological polar surface area (TPSA) is 80.6 Å². The van der Waals surface area contributed by atoms with Crippen molar-refractivity contribution in [2.75, 3.05) is 6.61 Å². The van der Waals surface area contributed by atoms with E-state index in [1.807, 2.05) is 24.3 Å². The van der Waals surface area contributed by atoms with Crippen LogP contribution < -0.4 is 15.6 Å². The molecule has 0 saturated heterocycles. The van der Waals surface area contributed by atoms with Crippen molar-refractivity contribution in [3.8, 4) is 5.75 Å². The molecule has 0 aliphatic heterocycles. The van der Waals surface area contributed by atoms with E-state index < -0.39 is 11.8 Å². The van der Waals surface area contributed by atoms with Crippen molar-refractivity contribution < 1.29 is 18.7 Å². The molecule has 0 aliphatic carbocycles. The first kappa shape index (κ1) is 17.5. The summed E-state index contributed by atoms with van der Waals surface area (Å²) in [4.78, 5) is 23.4. The number of rotatable bonds is 4. The van der Waals surface area contributed by atoms with E-state index in [1.165, 1.54) is 12.3 Å². The van der Waals surface area contributed by atoms with Gasteiger partial charge in [0.1, 0.15) is 5.75 Å². The molecule has 0 fully saturated rings. The van der Waals surface area contributed by atoms with Gasteiger partial charge in [-0.25, -0.2) is 0 Å². The number of carbonyl (C=O) groups is 2. The lowest BCUT2D eigenvalue weighted by Crippen LogP contribution is -2.43. The second-order valence-corrected chi connectivity index (χ2v) is 6.72. The summed E-state index contributed by atoms with van der Waals surface area (Å²) >= 11 is 6.92. The molecule has 0 unspecified atom stereocenters. The minimum atomic E-state index is -0.546. The van der Waals surface area contributed by atoms with Gasteiger partial charge >= 0.3 is 5.91 Å². The van der Waals surface area contributed by atoms with Crippen LogP contribution in [0.1, 0.15) is 10.6 Å². The maximum Gasteiger partial charge on any atom is 0.305 e. The summed E-state index contributed by atoms with van der Waals surface area (Å²) in [6.45, 7) is -0.251. The van der Waals surface area contributed by atoms with Crippen LogP contribution in [0.3, 0.4) is 0 Å². The van der Waals surface area contributed by atoms with E-state index >= 15 is 0 Å². The summed E-state index contributed by atoms with van der Waals surface area (Å²) in [6.07, 6.45) is 1.37. The van der Waals surface area contributed by atoms with Gasteiger partial charge in [-0.2, -0.15) is 0 Å². The smallest absolute Gasteiger partial charge is 0.305 e. The summed E-state index contributed by atoms with van der Waals surface area (Å²) in [5, 5.41) is 2.00. The molecule has 0 saturated carbocycles. The third-order valence-electron chi connectivity index (χ3n) is 3.30. The Hall–Kier alpha value is -2.32. The molecule has 1 heterocycles. The van der Waals surface area contributed by atoms with Crippen LogP contribution in [0.15, 0.2) is 62.1 Å². The van der Waals surface area contributed by atoms with Crippen molar-refractivity contribution in [1.82, 2.24) is 10.9 Å². The van der Waals surface area contributed by atoms with Crippen LogP contribution in [0, 0.1) is 0 Å². The van der Waals surface area contributed by atoms with Crippen molar-refractivity contribution >= 4 is 54.4 Å². The molecule has 1 aromatic heterocycles. The lowest BCUT2D eigenvalue weighted by molar-refractivity contribution is -0.123. The predicted octanol–water partition coefficient (Wildman–Crippen LogP) is 3.80. The van der Waals surface area contributed by atoms with E-state index in [4.69, 9.17) is 9.15 Å². The second kappa shape index (κ2) is 7.71. The van der Waals surface area contributed by atoms with E-state index in [1.54, 1.807) is 12.1 Å². The molecule has 6 nitrogen and oxygen atoms in total. The molecule has 2 N–H and O–H groups in total. The molecule has 0 aliphatic rings. The Kier molecular flexibility index (Phi) is 5.40. The van der Waals surface area contributed by atoms with Crippen LogP contribution in [-0.4, -0.2) is 18.4 Å². The Labute approximate surface area is 159 Å². The van der Waals surface area contributed by atoms with E-state index in [2.05, 4.69) is 42.7 Å². The number of carbonyl (C=O) groups excluding carboxylic acids is 2. The lowest BCUT2D eigenvalue weighted by Gasteiger charge is -2.11. The average molecular weight is 468 g/mol. The van der Waals surface area contributed by atoms with Crippen molar-refractivity contribution in [1.29, 1.82) is 0 Å². The number of hydrogen-bond donors (Lipinski definition) is 2. The maximum absolute atomic E-state index is 11.8. The Morgan fingerprint density at radius 2 is 1.92 bits per heavy atom. The lowest BCUT2D eigenvalue weighted by atomic mass is 10.1. The van der Waals surface area contributed by atoms with Crippen LogP contribution in [0.4, 0.5) is 0 Å². The van der Waals surface area contributed by atoms with E-state index in [9.17, 15) is 9.59 Å². The third kappa shape index (κ3) is 4.21. The molecule has 0 atom stereocenters. The van der Waals surface area contributed by atoms with Crippen LogP contribution in [-0.2, 0) is 4.79 Å². The van der Waals surface area contributed by atoms with Gasteiger partial charge in [0, 0.05) is 4.47 Å². The molecule has 8 heteroatoms. The standard InChI is InChI=1S/C17H12Br2N2O4/c18-11-4-5-12-10(8-11)3-6-13(16(12)19)25-9-15(22)20-21-17(23)14-2-1-7-24-14/h1-8H,9H2,(H,20,22)(H,21,23). The zero-order valence-corrected chi connectivity index (χ0v) is 15.9. The van der Waals surface area contributed by atoms with Gasteiger partial charge in [0.05, 0.1) is 10.7 Å². The number of hydrazine groups is 1. The summed E-state index contributed by atoms with van der Waals surface area (Å²) in [5.41, 5.74) is 4.50. The average Bonchev–Trinajstić information content (AvgIpc) is 3.13. The minimum Gasteiger partial charge on any atom is -0.483 e. The van der Waals surface area contributed by atoms with Gasteiger partial charge in [-0.15, -0.1) is 0 Å². The molecule has 128 valence electrons. The molecule has 3 aromatic rings. The van der Waals surface area contributed by atoms with Crippen molar-refractivity contribution in [2.24, 2.45) is 0 Å². The number of amides is 2. The highest BCUT2D eigenvalue weighted by atomic mass is 79.9. The van der Waals surface area contributed by atoms with Gasteiger partial charge in [0.15, 0.2) is 12.4 Å². The van der Waals surface area contributed by atoms with Crippen LogP contribution >= 0.6 is 31.9 Å². The zero-order valence-electron chi connectivity index (χ0n) is 12.7. The van der Waals surface area contributed by atoms with Crippen LogP contribution in [0.25, 0.3) is 10.8 Å². The van der Waals surface area contributed by atoms with E-state index in [0.717, 1.165) is 19.7 Å². The number of fused-ring (bicyclic) bond motifs is 1. The van der Waals surface area contributed by atoms with Gasteiger partial charge in [0.2, 0.25) is 0 Å². The van der Waals surface area contributed by atoms with Gasteiger partial charge < -0.3 is 9.15 Å². The summed E-state index contributed by atoms with van der Waals surface area (Å²) in [7, 11) is 0. The molecule has 0 bridgehead atoms. The summed E-state index contributed by atoms with van der Waals surface area (Å²) in [5.74, 6) is -0.412. The number of halogens is 2. The number of hydrogen-bond acceptors (Lipinski definition) is 4. The number of nitrogens with one attached hydrogen (secondary N) is 2. The Morgan fingerprint density at radius 3 is 2.68 bits per heavy atom. The van der Waals surface area contributed by atoms with E-state index in [-0.39, 0.29) is 12.4 Å². The Morgan fingerprint density at radius 1 is 1.08 bits per heavy atom. The predicted molar refractivity (Wildman–Crippen MR) is 99.2 cm³/mol. The maximum atomic E-state index is 11.8. The SMILES string of the molecule is O=C(COc1ccc2cc(Br)ccc2c1Br)NNC(=O)c1ccco1. The molecule has 0 radical (unpaired) electrons. The highest BCUT2D eigenvalue weighted by Gasteiger charge is 2.11. The van der Waals surface area contributed by atoms with Crippen molar-refractivity contribution in [2.45, 2.75) is 0 Å². The van der Waals surface area contributed by atoms with Crippen LogP contribution in [0.5, 0.6) is 5.75 Å². The van der Waals surface area contributed by atoms with Crippen molar-refractivity contribution in [3.05, 3.63) is 63.4 Å².